The zero-order valence-corrected chi connectivity index (χ0v) is 13.3. The van der Waals surface area contributed by atoms with Crippen LogP contribution in [0.2, 0.25) is 0 Å². The number of rotatable bonds is 3. The van der Waals surface area contributed by atoms with Crippen molar-refractivity contribution >= 4 is 10.0 Å². The molecule has 0 aliphatic carbocycles. The quantitative estimate of drug-likeness (QED) is 0.929. The first-order valence-corrected chi connectivity index (χ1v) is 8.60. The van der Waals surface area contributed by atoms with Crippen LogP contribution in [0.4, 0.5) is 0 Å². The number of sulfonamides is 1. The summed E-state index contributed by atoms with van der Waals surface area (Å²) in [7, 11) is -3.40. The lowest BCUT2D eigenvalue weighted by molar-refractivity contribution is 0.212. The maximum atomic E-state index is 12.8. The fourth-order valence-electron chi connectivity index (χ4n) is 2.63. The lowest BCUT2D eigenvalue weighted by Crippen LogP contribution is -2.42. The van der Waals surface area contributed by atoms with Crippen LogP contribution < -0.4 is 5.73 Å². The number of hydrogen-bond donors (Lipinski definition) is 1. The van der Waals surface area contributed by atoms with Crippen molar-refractivity contribution in [3.8, 4) is 0 Å². The molecule has 2 N–H and O–H groups in total. The standard InChI is InChI=1S/C15H24N2O2S/c1-11-6-7-17(10-13(11)3)20(18,19)15-8-14(9-16)5-4-12(15)2/h4-5,8,11,13H,6-7,9-10,16H2,1-3H3. The molecule has 0 radical (unpaired) electrons. The van der Waals surface area contributed by atoms with E-state index in [1.807, 2.05) is 19.1 Å². The molecule has 1 saturated heterocycles. The summed E-state index contributed by atoms with van der Waals surface area (Å²) in [6.45, 7) is 7.72. The van der Waals surface area contributed by atoms with E-state index < -0.39 is 10.0 Å². The average molecular weight is 296 g/mol. The second-order valence-corrected chi connectivity index (χ2v) is 7.82. The van der Waals surface area contributed by atoms with E-state index in [4.69, 9.17) is 5.73 Å². The zero-order valence-electron chi connectivity index (χ0n) is 12.5. The van der Waals surface area contributed by atoms with Gasteiger partial charge in [0.1, 0.15) is 0 Å². The van der Waals surface area contributed by atoms with Gasteiger partial charge in [-0.15, -0.1) is 0 Å². The van der Waals surface area contributed by atoms with E-state index in [1.165, 1.54) is 0 Å². The third kappa shape index (κ3) is 2.90. The molecule has 2 atom stereocenters. The van der Waals surface area contributed by atoms with E-state index >= 15 is 0 Å². The van der Waals surface area contributed by atoms with Gasteiger partial charge in [-0.2, -0.15) is 4.31 Å². The highest BCUT2D eigenvalue weighted by atomic mass is 32.2. The molecule has 20 heavy (non-hydrogen) atoms. The van der Waals surface area contributed by atoms with Gasteiger partial charge in [-0.05, 0) is 42.4 Å². The first kappa shape index (κ1) is 15.5. The molecule has 1 aromatic rings. The normalized spacial score (nSPS) is 24.8. The molecule has 0 saturated carbocycles. The summed E-state index contributed by atoms with van der Waals surface area (Å²) in [5.41, 5.74) is 7.26. The van der Waals surface area contributed by atoms with Crippen molar-refractivity contribution in [2.75, 3.05) is 13.1 Å². The predicted molar refractivity (Wildman–Crippen MR) is 80.8 cm³/mol. The summed E-state index contributed by atoms with van der Waals surface area (Å²) in [6.07, 6.45) is 0.927. The molecule has 0 bridgehead atoms. The summed E-state index contributed by atoms with van der Waals surface area (Å²) < 4.78 is 27.3. The van der Waals surface area contributed by atoms with Crippen LogP contribution in [0.3, 0.4) is 0 Å². The molecule has 2 rings (SSSR count). The summed E-state index contributed by atoms with van der Waals surface area (Å²) in [6, 6.07) is 5.44. The summed E-state index contributed by atoms with van der Waals surface area (Å²) >= 11 is 0. The molecule has 1 aliphatic rings. The van der Waals surface area contributed by atoms with Crippen LogP contribution in [0.5, 0.6) is 0 Å². The van der Waals surface area contributed by atoms with Gasteiger partial charge in [0, 0.05) is 19.6 Å². The Kier molecular flexibility index (Phi) is 4.52. The highest BCUT2D eigenvalue weighted by molar-refractivity contribution is 7.89. The van der Waals surface area contributed by atoms with Gasteiger partial charge in [0.05, 0.1) is 4.90 Å². The lowest BCUT2D eigenvalue weighted by Gasteiger charge is -2.34. The molecule has 1 heterocycles. The number of hydrogen-bond acceptors (Lipinski definition) is 3. The van der Waals surface area contributed by atoms with Crippen molar-refractivity contribution in [1.82, 2.24) is 4.31 Å². The van der Waals surface area contributed by atoms with Crippen LogP contribution >= 0.6 is 0 Å². The van der Waals surface area contributed by atoms with E-state index in [1.54, 1.807) is 10.4 Å². The minimum absolute atomic E-state index is 0.357. The average Bonchev–Trinajstić information content (AvgIpc) is 2.42. The van der Waals surface area contributed by atoms with Crippen molar-refractivity contribution in [3.05, 3.63) is 29.3 Å². The van der Waals surface area contributed by atoms with Gasteiger partial charge >= 0.3 is 0 Å². The van der Waals surface area contributed by atoms with Gasteiger partial charge in [-0.3, -0.25) is 0 Å². The zero-order chi connectivity index (χ0) is 14.9. The number of aryl methyl sites for hydroxylation is 1. The fraction of sp³-hybridized carbons (Fsp3) is 0.600. The molecule has 4 nitrogen and oxygen atoms in total. The molecular weight excluding hydrogens is 272 g/mol. The Hall–Kier alpha value is -0.910. The van der Waals surface area contributed by atoms with Crippen molar-refractivity contribution in [3.63, 3.8) is 0 Å². The first-order valence-electron chi connectivity index (χ1n) is 7.16. The van der Waals surface area contributed by atoms with E-state index in [0.29, 0.717) is 36.4 Å². The second-order valence-electron chi connectivity index (χ2n) is 5.91. The van der Waals surface area contributed by atoms with Crippen LogP contribution in [-0.2, 0) is 16.6 Å². The SMILES string of the molecule is Cc1ccc(CN)cc1S(=O)(=O)N1CCC(C)C(C)C1. The monoisotopic (exact) mass is 296 g/mol. The van der Waals surface area contributed by atoms with Crippen LogP contribution in [0, 0.1) is 18.8 Å². The number of nitrogens with zero attached hydrogens (tertiary/aromatic N) is 1. The molecule has 1 fully saturated rings. The minimum atomic E-state index is -3.40. The first-order chi connectivity index (χ1) is 9.36. The number of piperidine rings is 1. The van der Waals surface area contributed by atoms with Gasteiger partial charge < -0.3 is 5.73 Å². The molecule has 2 unspecified atom stereocenters. The van der Waals surface area contributed by atoms with Gasteiger partial charge in [-0.25, -0.2) is 8.42 Å². The summed E-state index contributed by atoms with van der Waals surface area (Å²) in [4.78, 5) is 0.405. The highest BCUT2D eigenvalue weighted by Gasteiger charge is 2.32. The van der Waals surface area contributed by atoms with Crippen molar-refractivity contribution in [2.45, 2.75) is 38.6 Å². The molecular formula is C15H24N2O2S. The van der Waals surface area contributed by atoms with Crippen molar-refractivity contribution < 1.29 is 8.42 Å². The Labute approximate surface area is 122 Å². The second kappa shape index (κ2) is 5.84. The van der Waals surface area contributed by atoms with E-state index in [-0.39, 0.29) is 0 Å². The van der Waals surface area contributed by atoms with Gasteiger partial charge in [0.25, 0.3) is 0 Å². The topological polar surface area (TPSA) is 63.4 Å². The largest absolute Gasteiger partial charge is 0.326 e. The number of nitrogens with two attached hydrogens (primary N) is 1. The third-order valence-corrected chi connectivity index (χ3v) is 6.41. The van der Waals surface area contributed by atoms with Crippen molar-refractivity contribution in [2.24, 2.45) is 17.6 Å². The van der Waals surface area contributed by atoms with Gasteiger partial charge in [-0.1, -0.05) is 26.0 Å². The minimum Gasteiger partial charge on any atom is -0.326 e. The Balaban J connectivity index is 2.35. The van der Waals surface area contributed by atoms with E-state index in [9.17, 15) is 8.42 Å². The van der Waals surface area contributed by atoms with Crippen LogP contribution in [0.25, 0.3) is 0 Å². The molecule has 5 heteroatoms. The molecule has 0 aromatic heterocycles. The summed E-state index contributed by atoms with van der Waals surface area (Å²) in [5.74, 6) is 0.981. The molecule has 112 valence electrons. The van der Waals surface area contributed by atoms with Gasteiger partial charge in [0.2, 0.25) is 10.0 Å². The van der Waals surface area contributed by atoms with Crippen LogP contribution in [0.1, 0.15) is 31.4 Å². The molecule has 1 aliphatic heterocycles. The Morgan fingerprint density at radius 1 is 1.30 bits per heavy atom. The number of benzene rings is 1. The molecule has 0 spiro atoms. The Bertz CT molecular complexity index is 584. The summed E-state index contributed by atoms with van der Waals surface area (Å²) in [5, 5.41) is 0. The highest BCUT2D eigenvalue weighted by Crippen LogP contribution is 2.28. The maximum Gasteiger partial charge on any atom is 0.243 e. The molecule has 1 aromatic carbocycles. The van der Waals surface area contributed by atoms with Gasteiger partial charge in [0.15, 0.2) is 0 Å². The Morgan fingerprint density at radius 2 is 2.00 bits per heavy atom. The molecule has 0 amide bonds. The maximum absolute atomic E-state index is 12.8. The Morgan fingerprint density at radius 3 is 2.60 bits per heavy atom. The van der Waals surface area contributed by atoms with E-state index in [0.717, 1.165) is 17.5 Å². The van der Waals surface area contributed by atoms with Crippen LogP contribution in [-0.4, -0.2) is 25.8 Å². The lowest BCUT2D eigenvalue weighted by atomic mass is 9.90. The van der Waals surface area contributed by atoms with Crippen LogP contribution in [0.15, 0.2) is 23.1 Å². The van der Waals surface area contributed by atoms with E-state index in [2.05, 4.69) is 13.8 Å². The van der Waals surface area contributed by atoms with Crippen molar-refractivity contribution in [1.29, 1.82) is 0 Å². The third-order valence-electron chi connectivity index (χ3n) is 4.40. The fourth-order valence-corrected chi connectivity index (χ4v) is 4.46. The predicted octanol–water partition coefficient (Wildman–Crippen LogP) is 2.12. The smallest absolute Gasteiger partial charge is 0.243 e.